The van der Waals surface area contributed by atoms with Crippen LogP contribution >= 0.6 is 0 Å². The van der Waals surface area contributed by atoms with Crippen LogP contribution in [0.1, 0.15) is 6.42 Å². The summed E-state index contributed by atoms with van der Waals surface area (Å²) in [5.41, 5.74) is -0.699. The summed E-state index contributed by atoms with van der Waals surface area (Å²) in [5, 5.41) is 10.2. The van der Waals surface area contributed by atoms with Crippen LogP contribution in [0.15, 0.2) is 39.9 Å². The molecule has 1 heterocycles. The van der Waals surface area contributed by atoms with Gasteiger partial charge in [-0.05, 0) is 12.0 Å². The first kappa shape index (κ1) is 15.2. The van der Waals surface area contributed by atoms with E-state index in [2.05, 4.69) is 4.98 Å². The minimum atomic E-state index is -0.967. The Morgan fingerprint density at radius 2 is 1.90 bits per heavy atom. The minimum Gasteiger partial charge on any atom is -0.494 e. The Bertz CT molecular complexity index is 765. The van der Waals surface area contributed by atoms with Crippen molar-refractivity contribution in [1.29, 1.82) is 0 Å². The number of H-pyrrole nitrogens is 1. The van der Waals surface area contributed by atoms with Gasteiger partial charge >= 0.3 is 5.69 Å². The molecule has 1 atom stereocenters. The standard InChI is InChI=1S/C14H16N2O4S/c1-21(20)9-5-8-16-13(18)11(12(17)15-14(16)19)10-6-3-2-4-7-10/h2-4,6-7,18H,5,8-9H2,1H3,(H,15,17,19). The SMILES string of the molecule is CS(=O)CCCn1c(O)c(-c2ccccc2)c(=O)[nH]c1=O. The fourth-order valence-electron chi connectivity index (χ4n) is 2.06. The highest BCUT2D eigenvalue weighted by Crippen LogP contribution is 2.23. The van der Waals surface area contributed by atoms with Crippen molar-refractivity contribution in [2.75, 3.05) is 12.0 Å². The molecule has 0 bridgehead atoms. The van der Waals surface area contributed by atoms with Gasteiger partial charge in [0.2, 0.25) is 5.88 Å². The zero-order valence-corrected chi connectivity index (χ0v) is 12.4. The largest absolute Gasteiger partial charge is 0.494 e. The summed E-state index contributed by atoms with van der Waals surface area (Å²) in [6.45, 7) is 0.195. The lowest BCUT2D eigenvalue weighted by molar-refractivity contribution is 0.401. The third kappa shape index (κ3) is 3.49. The number of rotatable bonds is 5. The first-order valence-electron chi connectivity index (χ1n) is 6.42. The summed E-state index contributed by atoms with van der Waals surface area (Å²) in [7, 11) is -0.967. The van der Waals surface area contributed by atoms with Gasteiger partial charge in [-0.2, -0.15) is 0 Å². The number of nitrogens with one attached hydrogen (secondary N) is 1. The molecule has 1 aromatic heterocycles. The number of nitrogens with zero attached hydrogens (tertiary/aromatic N) is 1. The average molecular weight is 308 g/mol. The third-order valence-electron chi connectivity index (χ3n) is 3.05. The Balaban J connectivity index is 2.46. The number of aromatic amines is 1. The van der Waals surface area contributed by atoms with E-state index < -0.39 is 22.0 Å². The summed E-state index contributed by atoms with van der Waals surface area (Å²) in [5.74, 6) is 0.0583. The van der Waals surface area contributed by atoms with E-state index >= 15 is 0 Å². The van der Waals surface area contributed by atoms with Crippen molar-refractivity contribution in [1.82, 2.24) is 9.55 Å². The number of aromatic nitrogens is 2. The van der Waals surface area contributed by atoms with Crippen LogP contribution in [-0.4, -0.2) is 30.9 Å². The van der Waals surface area contributed by atoms with Crippen LogP contribution in [0.2, 0.25) is 0 Å². The molecule has 0 spiro atoms. The van der Waals surface area contributed by atoms with E-state index in [9.17, 15) is 18.9 Å². The summed E-state index contributed by atoms with van der Waals surface area (Å²) in [6.07, 6.45) is 2.04. The van der Waals surface area contributed by atoms with Gasteiger partial charge in [-0.15, -0.1) is 0 Å². The number of aromatic hydroxyl groups is 1. The van der Waals surface area contributed by atoms with E-state index in [1.165, 1.54) is 0 Å². The van der Waals surface area contributed by atoms with Crippen LogP contribution in [0.5, 0.6) is 5.88 Å². The molecule has 0 aliphatic heterocycles. The van der Waals surface area contributed by atoms with Gasteiger partial charge in [-0.25, -0.2) is 4.79 Å². The smallest absolute Gasteiger partial charge is 0.331 e. The maximum Gasteiger partial charge on any atom is 0.331 e. The summed E-state index contributed by atoms with van der Waals surface area (Å²) >= 11 is 0. The van der Waals surface area contributed by atoms with Gasteiger partial charge in [-0.3, -0.25) is 18.6 Å². The molecule has 0 saturated carbocycles. The Morgan fingerprint density at radius 3 is 2.52 bits per heavy atom. The predicted molar refractivity (Wildman–Crippen MR) is 82.0 cm³/mol. The molecule has 6 nitrogen and oxygen atoms in total. The molecule has 0 aliphatic carbocycles. The lowest BCUT2D eigenvalue weighted by Crippen LogP contribution is -2.31. The van der Waals surface area contributed by atoms with Crippen molar-refractivity contribution in [3.8, 4) is 17.0 Å². The van der Waals surface area contributed by atoms with Crippen LogP contribution in [0, 0.1) is 0 Å². The monoisotopic (exact) mass is 308 g/mol. The highest BCUT2D eigenvalue weighted by Gasteiger charge is 2.15. The quantitative estimate of drug-likeness (QED) is 0.849. The summed E-state index contributed by atoms with van der Waals surface area (Å²) < 4.78 is 12.1. The second kappa shape index (κ2) is 6.53. The molecule has 2 aromatic rings. The highest BCUT2D eigenvalue weighted by molar-refractivity contribution is 7.84. The maximum absolute atomic E-state index is 11.9. The maximum atomic E-state index is 11.9. The second-order valence-electron chi connectivity index (χ2n) is 4.61. The van der Waals surface area contributed by atoms with Crippen molar-refractivity contribution < 1.29 is 9.32 Å². The Labute approximate surface area is 123 Å². The Kier molecular flexibility index (Phi) is 4.74. The lowest BCUT2D eigenvalue weighted by atomic mass is 10.1. The Hall–Kier alpha value is -2.15. The van der Waals surface area contributed by atoms with E-state index in [1.807, 2.05) is 0 Å². The molecule has 7 heteroatoms. The van der Waals surface area contributed by atoms with Crippen molar-refractivity contribution in [2.24, 2.45) is 0 Å². The van der Waals surface area contributed by atoms with Crippen LogP contribution in [0.25, 0.3) is 11.1 Å². The molecule has 1 unspecified atom stereocenters. The van der Waals surface area contributed by atoms with E-state index in [0.717, 1.165) is 4.57 Å². The molecular weight excluding hydrogens is 292 g/mol. The van der Waals surface area contributed by atoms with Crippen molar-refractivity contribution in [3.05, 3.63) is 51.2 Å². The molecule has 0 amide bonds. The van der Waals surface area contributed by atoms with Crippen molar-refractivity contribution in [2.45, 2.75) is 13.0 Å². The predicted octanol–water partition coefficient (Wildman–Crippen LogP) is 0.678. The zero-order chi connectivity index (χ0) is 15.4. The van der Waals surface area contributed by atoms with Crippen LogP contribution < -0.4 is 11.2 Å². The zero-order valence-electron chi connectivity index (χ0n) is 11.5. The van der Waals surface area contributed by atoms with Gasteiger partial charge in [0, 0.05) is 29.4 Å². The average Bonchev–Trinajstić information content (AvgIpc) is 2.43. The molecule has 21 heavy (non-hydrogen) atoms. The van der Waals surface area contributed by atoms with E-state index in [-0.39, 0.29) is 18.0 Å². The fraction of sp³-hybridized carbons (Fsp3) is 0.286. The molecule has 0 radical (unpaired) electrons. The fourth-order valence-corrected chi connectivity index (χ4v) is 2.59. The van der Waals surface area contributed by atoms with Gasteiger partial charge < -0.3 is 5.11 Å². The van der Waals surface area contributed by atoms with Crippen LogP contribution in [-0.2, 0) is 17.3 Å². The molecule has 112 valence electrons. The van der Waals surface area contributed by atoms with E-state index in [1.54, 1.807) is 36.6 Å². The van der Waals surface area contributed by atoms with Gasteiger partial charge in [-0.1, -0.05) is 30.3 Å². The molecular formula is C14H16N2O4S. The molecule has 2 N–H and O–H groups in total. The van der Waals surface area contributed by atoms with Gasteiger partial charge in [0.15, 0.2) is 0 Å². The third-order valence-corrected chi connectivity index (χ3v) is 3.91. The Morgan fingerprint density at radius 1 is 1.24 bits per heavy atom. The second-order valence-corrected chi connectivity index (χ2v) is 6.16. The summed E-state index contributed by atoms with van der Waals surface area (Å²) in [6, 6.07) is 8.63. The first-order valence-corrected chi connectivity index (χ1v) is 8.15. The van der Waals surface area contributed by atoms with Gasteiger partial charge in [0.25, 0.3) is 5.56 Å². The minimum absolute atomic E-state index is 0.0628. The van der Waals surface area contributed by atoms with Crippen LogP contribution in [0.4, 0.5) is 0 Å². The molecule has 2 rings (SSSR count). The topological polar surface area (TPSA) is 92.2 Å². The van der Waals surface area contributed by atoms with Crippen molar-refractivity contribution in [3.63, 3.8) is 0 Å². The first-order chi connectivity index (χ1) is 10.0. The molecule has 0 fully saturated rings. The molecule has 0 saturated heterocycles. The van der Waals surface area contributed by atoms with E-state index in [0.29, 0.717) is 17.7 Å². The van der Waals surface area contributed by atoms with Crippen molar-refractivity contribution >= 4 is 10.8 Å². The van der Waals surface area contributed by atoms with E-state index in [4.69, 9.17) is 0 Å². The lowest BCUT2D eigenvalue weighted by Gasteiger charge is -2.11. The van der Waals surface area contributed by atoms with Crippen LogP contribution in [0.3, 0.4) is 0 Å². The van der Waals surface area contributed by atoms with Gasteiger partial charge in [0.1, 0.15) is 5.56 Å². The van der Waals surface area contributed by atoms with Gasteiger partial charge in [0.05, 0.1) is 0 Å². The number of hydrogen-bond donors (Lipinski definition) is 2. The normalized spacial score (nSPS) is 12.2. The summed E-state index contributed by atoms with van der Waals surface area (Å²) in [4.78, 5) is 25.9. The number of hydrogen-bond acceptors (Lipinski definition) is 4. The molecule has 0 aliphatic rings. The highest BCUT2D eigenvalue weighted by atomic mass is 32.2. The molecule has 1 aromatic carbocycles. The number of benzene rings is 1.